The molecule has 21 heavy (non-hydrogen) atoms. The normalized spacial score (nSPS) is 10.6. The summed E-state index contributed by atoms with van der Waals surface area (Å²) in [5.41, 5.74) is 2.58. The molecule has 1 aromatic carbocycles. The first-order valence-electron chi connectivity index (χ1n) is 6.39. The minimum absolute atomic E-state index is 0.0329. The first kappa shape index (κ1) is 13.1. The number of carbonyl (C=O) groups is 1. The molecule has 0 radical (unpaired) electrons. The van der Waals surface area contributed by atoms with Gasteiger partial charge in [0, 0.05) is 5.56 Å². The third-order valence-corrected chi connectivity index (χ3v) is 2.86. The van der Waals surface area contributed by atoms with E-state index in [2.05, 4.69) is 15.5 Å². The van der Waals surface area contributed by atoms with Crippen LogP contribution in [0.2, 0.25) is 0 Å². The van der Waals surface area contributed by atoms with E-state index in [0.29, 0.717) is 11.3 Å². The number of aromatic nitrogens is 2. The molecule has 106 valence electrons. The van der Waals surface area contributed by atoms with Crippen LogP contribution in [0.25, 0.3) is 11.7 Å². The van der Waals surface area contributed by atoms with Gasteiger partial charge in [0.2, 0.25) is 0 Å². The van der Waals surface area contributed by atoms with E-state index in [1.165, 1.54) is 6.26 Å². The van der Waals surface area contributed by atoms with Crippen LogP contribution in [0.15, 0.2) is 45.4 Å². The van der Waals surface area contributed by atoms with Crippen molar-refractivity contribution in [1.82, 2.24) is 10.2 Å². The molecule has 1 amide bonds. The number of amides is 1. The summed E-state index contributed by atoms with van der Waals surface area (Å²) in [6.45, 7) is 3.87. The third-order valence-electron chi connectivity index (χ3n) is 2.86. The molecule has 0 saturated carbocycles. The minimum Gasteiger partial charge on any atom is -0.459 e. The highest BCUT2D eigenvalue weighted by molar-refractivity contribution is 6.03. The second-order valence-electron chi connectivity index (χ2n) is 4.72. The molecule has 6 nitrogen and oxygen atoms in total. The average molecular weight is 283 g/mol. The first-order chi connectivity index (χ1) is 10.1. The Labute approximate surface area is 120 Å². The van der Waals surface area contributed by atoms with Crippen LogP contribution in [0.1, 0.15) is 21.5 Å². The van der Waals surface area contributed by atoms with E-state index in [1.54, 1.807) is 24.3 Å². The number of anilines is 1. The molecular formula is C15H13N3O3. The number of benzene rings is 1. The number of carbonyl (C=O) groups excluding carboxylic acids is 1. The number of nitrogens with one attached hydrogen (secondary N) is 1. The number of rotatable bonds is 3. The number of hydrogen-bond acceptors (Lipinski definition) is 5. The van der Waals surface area contributed by atoms with Gasteiger partial charge in [0.15, 0.2) is 5.76 Å². The van der Waals surface area contributed by atoms with Crippen LogP contribution in [-0.2, 0) is 0 Å². The standard InChI is InChI=1S/C15H13N3O3/c1-9-6-10(2)8-11(7-9)13(19)16-15-18-17-14(21-15)12-4-3-5-20-12/h3-8H,1-2H3,(H,16,18,19). The summed E-state index contributed by atoms with van der Waals surface area (Å²) in [5.74, 6) is 0.376. The van der Waals surface area contributed by atoms with Crippen molar-refractivity contribution in [2.45, 2.75) is 13.8 Å². The Bertz CT molecular complexity index is 755. The predicted octanol–water partition coefficient (Wildman–Crippen LogP) is 3.20. The van der Waals surface area contributed by atoms with Crippen LogP contribution in [0.3, 0.4) is 0 Å². The molecule has 0 unspecified atom stereocenters. The van der Waals surface area contributed by atoms with Gasteiger partial charge in [0.25, 0.3) is 11.8 Å². The Morgan fingerprint density at radius 1 is 1.14 bits per heavy atom. The van der Waals surface area contributed by atoms with Crippen LogP contribution in [-0.4, -0.2) is 16.1 Å². The molecule has 1 N–H and O–H groups in total. The predicted molar refractivity (Wildman–Crippen MR) is 75.9 cm³/mol. The summed E-state index contributed by atoms with van der Waals surface area (Å²) >= 11 is 0. The number of furan rings is 1. The van der Waals surface area contributed by atoms with Gasteiger partial charge in [0.1, 0.15) is 0 Å². The summed E-state index contributed by atoms with van der Waals surface area (Å²) in [6.07, 6.45) is 1.51. The smallest absolute Gasteiger partial charge is 0.322 e. The largest absolute Gasteiger partial charge is 0.459 e. The molecule has 3 aromatic rings. The van der Waals surface area contributed by atoms with Crippen molar-refractivity contribution in [3.05, 3.63) is 53.3 Å². The number of aryl methyl sites for hydroxylation is 2. The van der Waals surface area contributed by atoms with Gasteiger partial charge in [-0.1, -0.05) is 22.3 Å². The maximum absolute atomic E-state index is 12.2. The summed E-state index contributed by atoms with van der Waals surface area (Å²) in [4.78, 5) is 12.2. The van der Waals surface area contributed by atoms with Crippen LogP contribution >= 0.6 is 0 Å². The van der Waals surface area contributed by atoms with Crippen molar-refractivity contribution >= 4 is 11.9 Å². The Kier molecular flexibility index (Phi) is 3.27. The molecule has 0 atom stereocenters. The first-order valence-corrected chi connectivity index (χ1v) is 6.39. The van der Waals surface area contributed by atoms with Gasteiger partial charge < -0.3 is 8.83 Å². The number of hydrogen-bond donors (Lipinski definition) is 1. The molecule has 2 aromatic heterocycles. The van der Waals surface area contributed by atoms with E-state index in [4.69, 9.17) is 8.83 Å². The summed E-state index contributed by atoms with van der Waals surface area (Å²) < 4.78 is 10.5. The van der Waals surface area contributed by atoms with Crippen molar-refractivity contribution in [2.75, 3.05) is 5.32 Å². The lowest BCUT2D eigenvalue weighted by atomic mass is 10.1. The van der Waals surface area contributed by atoms with Gasteiger partial charge in [-0.15, -0.1) is 5.10 Å². The van der Waals surface area contributed by atoms with E-state index in [-0.39, 0.29) is 17.8 Å². The van der Waals surface area contributed by atoms with Gasteiger partial charge in [-0.3, -0.25) is 10.1 Å². The highest BCUT2D eigenvalue weighted by atomic mass is 16.4. The fourth-order valence-electron chi connectivity index (χ4n) is 2.05. The number of nitrogens with zero attached hydrogens (tertiary/aromatic N) is 2. The monoisotopic (exact) mass is 283 g/mol. The molecule has 0 fully saturated rings. The third kappa shape index (κ3) is 2.84. The molecule has 0 spiro atoms. The van der Waals surface area contributed by atoms with E-state index in [9.17, 15) is 4.79 Å². The summed E-state index contributed by atoms with van der Waals surface area (Å²) in [6, 6.07) is 9.04. The molecule has 0 bridgehead atoms. The van der Waals surface area contributed by atoms with Gasteiger partial charge >= 0.3 is 6.01 Å². The lowest BCUT2D eigenvalue weighted by Crippen LogP contribution is -2.12. The minimum atomic E-state index is -0.295. The zero-order valence-electron chi connectivity index (χ0n) is 11.6. The second-order valence-corrected chi connectivity index (χ2v) is 4.72. The Morgan fingerprint density at radius 3 is 2.57 bits per heavy atom. The molecular weight excluding hydrogens is 270 g/mol. The quantitative estimate of drug-likeness (QED) is 0.798. The van der Waals surface area contributed by atoms with Crippen LogP contribution in [0, 0.1) is 13.8 Å². The lowest BCUT2D eigenvalue weighted by molar-refractivity contribution is 0.102. The summed E-state index contributed by atoms with van der Waals surface area (Å²) in [7, 11) is 0. The van der Waals surface area contributed by atoms with Crippen molar-refractivity contribution in [1.29, 1.82) is 0 Å². The van der Waals surface area contributed by atoms with Gasteiger partial charge in [-0.05, 0) is 38.1 Å². The van der Waals surface area contributed by atoms with Gasteiger partial charge in [-0.2, -0.15) is 0 Å². The van der Waals surface area contributed by atoms with E-state index in [1.807, 2.05) is 19.9 Å². The van der Waals surface area contributed by atoms with E-state index in [0.717, 1.165) is 11.1 Å². The molecule has 6 heteroatoms. The Balaban J connectivity index is 1.79. The Morgan fingerprint density at radius 2 is 1.90 bits per heavy atom. The molecule has 0 saturated heterocycles. The maximum atomic E-state index is 12.2. The zero-order valence-corrected chi connectivity index (χ0v) is 11.6. The highest BCUT2D eigenvalue weighted by Gasteiger charge is 2.14. The lowest BCUT2D eigenvalue weighted by Gasteiger charge is -2.03. The van der Waals surface area contributed by atoms with E-state index < -0.39 is 0 Å². The molecule has 0 aliphatic heterocycles. The van der Waals surface area contributed by atoms with Gasteiger partial charge in [-0.25, -0.2) is 0 Å². The van der Waals surface area contributed by atoms with Crippen LogP contribution < -0.4 is 5.32 Å². The highest BCUT2D eigenvalue weighted by Crippen LogP contribution is 2.20. The van der Waals surface area contributed by atoms with Crippen molar-refractivity contribution in [3.8, 4) is 11.7 Å². The average Bonchev–Trinajstić information content (AvgIpc) is 3.07. The van der Waals surface area contributed by atoms with Crippen molar-refractivity contribution < 1.29 is 13.6 Å². The molecule has 0 aliphatic rings. The van der Waals surface area contributed by atoms with Crippen molar-refractivity contribution in [2.24, 2.45) is 0 Å². The topological polar surface area (TPSA) is 81.2 Å². The Hall–Kier alpha value is -2.89. The zero-order chi connectivity index (χ0) is 14.8. The second kappa shape index (κ2) is 5.24. The SMILES string of the molecule is Cc1cc(C)cc(C(=O)Nc2nnc(-c3ccco3)o2)c1. The molecule has 0 aliphatic carbocycles. The molecule has 3 rings (SSSR count). The van der Waals surface area contributed by atoms with Crippen LogP contribution in [0.4, 0.5) is 6.01 Å². The van der Waals surface area contributed by atoms with Gasteiger partial charge in [0.05, 0.1) is 6.26 Å². The van der Waals surface area contributed by atoms with Crippen LogP contribution in [0.5, 0.6) is 0 Å². The maximum Gasteiger partial charge on any atom is 0.322 e. The fourth-order valence-corrected chi connectivity index (χ4v) is 2.05. The molecule has 2 heterocycles. The fraction of sp³-hybridized carbons (Fsp3) is 0.133. The summed E-state index contributed by atoms with van der Waals surface area (Å²) in [5, 5.41) is 10.2. The van der Waals surface area contributed by atoms with E-state index >= 15 is 0 Å². The van der Waals surface area contributed by atoms with Crippen molar-refractivity contribution in [3.63, 3.8) is 0 Å².